The Morgan fingerprint density at radius 1 is 1.25 bits per heavy atom. The number of rotatable bonds is 4. The van der Waals surface area contributed by atoms with Crippen LogP contribution in [-0.4, -0.2) is 25.5 Å². The van der Waals surface area contributed by atoms with Gasteiger partial charge in [-0.05, 0) is 36.4 Å². The van der Waals surface area contributed by atoms with Crippen molar-refractivity contribution in [3.63, 3.8) is 0 Å². The van der Waals surface area contributed by atoms with Crippen LogP contribution < -0.4 is 15.0 Å². The summed E-state index contributed by atoms with van der Waals surface area (Å²) in [6.45, 7) is 0.278. The highest BCUT2D eigenvalue weighted by Gasteiger charge is 2.35. The fraction of sp³-hybridized carbons (Fsp3) is 0.222. The molecule has 24 heavy (non-hydrogen) atoms. The topological polar surface area (TPSA) is 58.6 Å². The summed E-state index contributed by atoms with van der Waals surface area (Å²) in [6, 6.07) is 12.7. The van der Waals surface area contributed by atoms with Crippen molar-refractivity contribution in [1.29, 1.82) is 0 Å². The summed E-state index contributed by atoms with van der Waals surface area (Å²) in [7, 11) is 1.55. The van der Waals surface area contributed by atoms with E-state index in [4.69, 9.17) is 4.74 Å². The number of methoxy groups -OCH3 is 1. The monoisotopic (exact) mass is 328 g/mol. The third-order valence-corrected chi connectivity index (χ3v) is 3.97. The molecule has 2 amide bonds. The number of ether oxygens (including phenoxy) is 1. The summed E-state index contributed by atoms with van der Waals surface area (Å²) in [5.74, 6) is -0.539. The first-order chi connectivity index (χ1) is 11.6. The Balaban J connectivity index is 1.68. The molecular weight excluding hydrogens is 311 g/mol. The van der Waals surface area contributed by atoms with Crippen LogP contribution in [0.25, 0.3) is 0 Å². The lowest BCUT2D eigenvalue weighted by molar-refractivity contribution is -0.122. The standard InChI is InChI=1S/C18H17FN2O3/c1-24-16-4-2-3-14(10-16)20-18(23)12-9-17(22)21(11-12)15-7-5-13(19)6-8-15/h2-8,10,12H,9,11H2,1H3,(H,20,23)/t12-/m0/s1. The highest BCUT2D eigenvalue weighted by molar-refractivity contribution is 6.03. The van der Waals surface area contributed by atoms with Gasteiger partial charge in [0.25, 0.3) is 0 Å². The first kappa shape index (κ1) is 16.0. The zero-order valence-corrected chi connectivity index (χ0v) is 13.2. The number of carbonyl (C=O) groups is 2. The first-order valence-corrected chi connectivity index (χ1v) is 7.57. The van der Waals surface area contributed by atoms with E-state index in [-0.39, 0.29) is 30.6 Å². The molecule has 0 spiro atoms. The van der Waals surface area contributed by atoms with E-state index >= 15 is 0 Å². The summed E-state index contributed by atoms with van der Waals surface area (Å²) >= 11 is 0. The number of anilines is 2. The van der Waals surface area contributed by atoms with Gasteiger partial charge in [0.2, 0.25) is 11.8 Å². The highest BCUT2D eigenvalue weighted by Crippen LogP contribution is 2.26. The molecule has 1 aliphatic heterocycles. The van der Waals surface area contributed by atoms with E-state index in [2.05, 4.69) is 5.32 Å². The average molecular weight is 328 g/mol. The average Bonchev–Trinajstić information content (AvgIpc) is 2.98. The van der Waals surface area contributed by atoms with E-state index < -0.39 is 5.92 Å². The van der Waals surface area contributed by atoms with Crippen LogP contribution in [-0.2, 0) is 9.59 Å². The van der Waals surface area contributed by atoms with Gasteiger partial charge in [0.05, 0.1) is 13.0 Å². The van der Waals surface area contributed by atoms with E-state index in [1.807, 2.05) is 0 Å². The number of amides is 2. The predicted molar refractivity (Wildman–Crippen MR) is 88.5 cm³/mol. The Morgan fingerprint density at radius 2 is 2.00 bits per heavy atom. The van der Waals surface area contributed by atoms with Crippen LogP contribution >= 0.6 is 0 Å². The maximum absolute atomic E-state index is 13.0. The molecule has 3 rings (SSSR count). The molecule has 124 valence electrons. The largest absolute Gasteiger partial charge is 0.497 e. The van der Waals surface area contributed by atoms with Crippen molar-refractivity contribution >= 4 is 23.2 Å². The van der Waals surface area contributed by atoms with Crippen LogP contribution in [0.4, 0.5) is 15.8 Å². The minimum atomic E-state index is -0.450. The number of carbonyl (C=O) groups excluding carboxylic acids is 2. The molecule has 1 aliphatic rings. The maximum atomic E-state index is 13.0. The minimum Gasteiger partial charge on any atom is -0.497 e. The smallest absolute Gasteiger partial charge is 0.229 e. The Hall–Kier alpha value is -2.89. The van der Waals surface area contributed by atoms with Crippen molar-refractivity contribution in [2.24, 2.45) is 5.92 Å². The van der Waals surface area contributed by atoms with Crippen molar-refractivity contribution in [3.8, 4) is 5.75 Å². The molecule has 0 bridgehead atoms. The van der Waals surface area contributed by atoms with E-state index in [9.17, 15) is 14.0 Å². The fourth-order valence-electron chi connectivity index (χ4n) is 2.70. The second kappa shape index (κ2) is 6.70. The second-order valence-electron chi connectivity index (χ2n) is 5.60. The fourth-order valence-corrected chi connectivity index (χ4v) is 2.70. The van der Waals surface area contributed by atoms with E-state index in [1.165, 1.54) is 29.2 Å². The van der Waals surface area contributed by atoms with Gasteiger partial charge in [0, 0.05) is 30.4 Å². The maximum Gasteiger partial charge on any atom is 0.229 e. The van der Waals surface area contributed by atoms with Crippen molar-refractivity contribution in [2.75, 3.05) is 23.9 Å². The number of nitrogens with one attached hydrogen (secondary N) is 1. The molecule has 1 fully saturated rings. The number of halogens is 1. The quantitative estimate of drug-likeness (QED) is 0.939. The summed E-state index contributed by atoms with van der Waals surface area (Å²) < 4.78 is 18.1. The Kier molecular flexibility index (Phi) is 4.46. The zero-order chi connectivity index (χ0) is 17.1. The molecule has 0 aliphatic carbocycles. The molecule has 1 atom stereocenters. The Morgan fingerprint density at radius 3 is 2.71 bits per heavy atom. The lowest BCUT2D eigenvalue weighted by Crippen LogP contribution is -2.28. The summed E-state index contributed by atoms with van der Waals surface area (Å²) in [4.78, 5) is 26.1. The van der Waals surface area contributed by atoms with E-state index in [1.54, 1.807) is 31.4 Å². The molecule has 6 heteroatoms. The van der Waals surface area contributed by atoms with Crippen LogP contribution in [0.1, 0.15) is 6.42 Å². The summed E-state index contributed by atoms with van der Waals surface area (Å²) in [6.07, 6.45) is 0.132. The molecule has 1 heterocycles. The highest BCUT2D eigenvalue weighted by atomic mass is 19.1. The minimum absolute atomic E-state index is 0.132. The molecule has 1 N–H and O–H groups in total. The zero-order valence-electron chi connectivity index (χ0n) is 13.2. The molecular formula is C18H17FN2O3. The number of hydrogen-bond donors (Lipinski definition) is 1. The number of hydrogen-bond acceptors (Lipinski definition) is 3. The van der Waals surface area contributed by atoms with Crippen molar-refractivity contribution < 1.29 is 18.7 Å². The van der Waals surface area contributed by atoms with Crippen molar-refractivity contribution in [1.82, 2.24) is 0 Å². The number of nitrogens with zero attached hydrogens (tertiary/aromatic N) is 1. The van der Waals surface area contributed by atoms with E-state index in [0.29, 0.717) is 17.1 Å². The molecule has 2 aromatic carbocycles. The molecule has 0 unspecified atom stereocenters. The van der Waals surface area contributed by atoms with Gasteiger partial charge < -0.3 is 15.0 Å². The van der Waals surface area contributed by atoms with Crippen LogP contribution in [0.15, 0.2) is 48.5 Å². The van der Waals surface area contributed by atoms with Gasteiger partial charge in [-0.15, -0.1) is 0 Å². The van der Waals surface area contributed by atoms with Crippen LogP contribution in [0.2, 0.25) is 0 Å². The van der Waals surface area contributed by atoms with Gasteiger partial charge in [-0.2, -0.15) is 0 Å². The van der Waals surface area contributed by atoms with Gasteiger partial charge in [0.15, 0.2) is 0 Å². The van der Waals surface area contributed by atoms with Crippen LogP contribution in [0.3, 0.4) is 0 Å². The first-order valence-electron chi connectivity index (χ1n) is 7.57. The number of benzene rings is 2. The lowest BCUT2D eigenvalue weighted by Gasteiger charge is -2.16. The Bertz CT molecular complexity index is 761. The molecule has 2 aromatic rings. The van der Waals surface area contributed by atoms with Crippen LogP contribution in [0, 0.1) is 11.7 Å². The van der Waals surface area contributed by atoms with Gasteiger partial charge in [-0.25, -0.2) is 4.39 Å². The molecule has 1 saturated heterocycles. The van der Waals surface area contributed by atoms with Gasteiger partial charge >= 0.3 is 0 Å². The van der Waals surface area contributed by atoms with Crippen molar-refractivity contribution in [3.05, 3.63) is 54.3 Å². The summed E-state index contributed by atoms with van der Waals surface area (Å²) in [5.41, 5.74) is 1.21. The molecule has 0 aromatic heterocycles. The van der Waals surface area contributed by atoms with Crippen LogP contribution in [0.5, 0.6) is 5.75 Å². The van der Waals surface area contributed by atoms with Gasteiger partial charge in [-0.1, -0.05) is 6.07 Å². The molecule has 0 radical (unpaired) electrons. The predicted octanol–water partition coefficient (Wildman–Crippen LogP) is 2.83. The van der Waals surface area contributed by atoms with E-state index in [0.717, 1.165) is 0 Å². The third-order valence-electron chi connectivity index (χ3n) is 3.97. The Labute approximate surface area is 139 Å². The SMILES string of the molecule is COc1cccc(NC(=O)[C@H]2CC(=O)N(c3ccc(F)cc3)C2)c1. The van der Waals surface area contributed by atoms with Crippen molar-refractivity contribution in [2.45, 2.75) is 6.42 Å². The third kappa shape index (κ3) is 3.37. The van der Waals surface area contributed by atoms with Gasteiger partial charge in [-0.3, -0.25) is 9.59 Å². The molecule has 0 saturated carbocycles. The normalized spacial score (nSPS) is 17.0. The van der Waals surface area contributed by atoms with Gasteiger partial charge in [0.1, 0.15) is 11.6 Å². The lowest BCUT2D eigenvalue weighted by atomic mass is 10.1. The summed E-state index contributed by atoms with van der Waals surface area (Å²) in [5, 5.41) is 2.80. The molecule has 5 nitrogen and oxygen atoms in total. The second-order valence-corrected chi connectivity index (χ2v) is 5.60.